The number of nitrogens with zero attached hydrogens (tertiary/aromatic N) is 3. The van der Waals surface area contributed by atoms with Crippen LogP contribution in [0.2, 0.25) is 5.02 Å². The van der Waals surface area contributed by atoms with Gasteiger partial charge in [0, 0.05) is 17.0 Å². The molecule has 0 aliphatic carbocycles. The van der Waals surface area contributed by atoms with E-state index in [1.165, 1.54) is 24.4 Å². The van der Waals surface area contributed by atoms with E-state index in [2.05, 4.69) is 9.98 Å². The molecule has 0 radical (unpaired) electrons. The van der Waals surface area contributed by atoms with Crippen LogP contribution in [0.4, 0.5) is 10.6 Å². The number of amides is 1. The summed E-state index contributed by atoms with van der Waals surface area (Å²) in [5.74, 6) is -1.19. The quantitative estimate of drug-likeness (QED) is 0.170. The molecule has 12 nitrogen and oxygen atoms in total. The molecule has 0 spiro atoms. The lowest BCUT2D eigenvalue weighted by Gasteiger charge is -2.33. The number of halogens is 1. The Bertz CT molecular complexity index is 1350. The average molecular weight is 585 g/mol. The first-order valence-electron chi connectivity index (χ1n) is 12.3. The second kappa shape index (κ2) is 12.3. The highest BCUT2D eigenvalue weighted by Crippen LogP contribution is 2.33. The van der Waals surface area contributed by atoms with Gasteiger partial charge < -0.3 is 26.7 Å². The van der Waals surface area contributed by atoms with Crippen molar-refractivity contribution < 1.29 is 27.5 Å². The van der Waals surface area contributed by atoms with Crippen molar-refractivity contribution in [2.24, 2.45) is 22.2 Å². The Hall–Kier alpha value is -3.16. The fraction of sp³-hybridized carbons (Fsp3) is 0.520. The monoisotopic (exact) mass is 584 g/mol. The van der Waals surface area contributed by atoms with Crippen LogP contribution in [0.25, 0.3) is 10.8 Å². The first-order chi connectivity index (χ1) is 17.9. The summed E-state index contributed by atoms with van der Waals surface area (Å²) in [6.07, 6.45) is 0.887. The van der Waals surface area contributed by atoms with Crippen molar-refractivity contribution in [3.05, 3.63) is 29.4 Å². The largest absolute Gasteiger partial charge is 0.458 e. The van der Waals surface area contributed by atoms with E-state index >= 15 is 0 Å². The number of aliphatic imine (C=N–C) groups is 1. The molecule has 216 valence electrons. The van der Waals surface area contributed by atoms with Crippen LogP contribution in [-0.4, -0.2) is 59.5 Å². The molecule has 0 aliphatic heterocycles. The van der Waals surface area contributed by atoms with Gasteiger partial charge in [-0.15, -0.1) is 0 Å². The van der Waals surface area contributed by atoms with Gasteiger partial charge in [-0.25, -0.2) is 23.0 Å². The summed E-state index contributed by atoms with van der Waals surface area (Å²) in [6.45, 7) is 9.97. The number of carbonyl (C=O) groups excluding carboxylic acids is 2. The molecule has 0 bridgehead atoms. The Balaban J connectivity index is 2.79. The minimum atomic E-state index is -4.71. The van der Waals surface area contributed by atoms with Crippen LogP contribution < -0.4 is 17.2 Å². The molecule has 1 heterocycles. The zero-order valence-electron chi connectivity index (χ0n) is 23.0. The van der Waals surface area contributed by atoms with Crippen molar-refractivity contribution >= 4 is 56.2 Å². The summed E-state index contributed by atoms with van der Waals surface area (Å²) in [7, 11) is -4.71. The van der Waals surface area contributed by atoms with Crippen LogP contribution in [0.1, 0.15) is 60.8 Å². The molecular weight excluding hydrogens is 548 g/mol. The number of ether oxygens (including phenoxy) is 2. The van der Waals surface area contributed by atoms with Crippen molar-refractivity contribution in [2.75, 3.05) is 6.54 Å². The van der Waals surface area contributed by atoms with Crippen molar-refractivity contribution in [3.8, 4) is 0 Å². The molecule has 1 aromatic heterocycles. The van der Waals surface area contributed by atoms with Gasteiger partial charge in [-0.2, -0.15) is 9.30 Å². The van der Waals surface area contributed by atoms with Crippen LogP contribution in [0.5, 0.6) is 0 Å². The third-order valence-corrected chi connectivity index (χ3v) is 7.12. The lowest BCUT2D eigenvalue weighted by molar-refractivity contribution is -0.159. The third-order valence-electron chi connectivity index (χ3n) is 5.05. The molecule has 0 aliphatic rings. The van der Waals surface area contributed by atoms with E-state index in [9.17, 15) is 18.0 Å². The summed E-state index contributed by atoms with van der Waals surface area (Å²) in [5, 5.41) is 0.847. The number of rotatable bonds is 9. The Morgan fingerprint density at radius 3 is 2.21 bits per heavy atom. The number of benzene rings is 1. The summed E-state index contributed by atoms with van der Waals surface area (Å²) in [5.41, 5.74) is 14.6. The van der Waals surface area contributed by atoms with Crippen LogP contribution in [0.15, 0.2) is 34.3 Å². The lowest BCUT2D eigenvalue weighted by atomic mass is 10.1. The van der Waals surface area contributed by atoms with Crippen molar-refractivity contribution in [1.29, 1.82) is 0 Å². The highest BCUT2D eigenvalue weighted by molar-refractivity contribution is 7.89. The molecule has 0 fully saturated rings. The molecule has 2 aromatic rings. The van der Waals surface area contributed by atoms with E-state index in [1.807, 2.05) is 0 Å². The number of carbonyl (C=O) groups is 2. The number of hydrogen-bond donors (Lipinski definition) is 3. The van der Waals surface area contributed by atoms with E-state index in [0.29, 0.717) is 29.1 Å². The highest BCUT2D eigenvalue weighted by Gasteiger charge is 2.43. The van der Waals surface area contributed by atoms with Gasteiger partial charge in [0.05, 0.1) is 9.92 Å². The molecule has 39 heavy (non-hydrogen) atoms. The molecule has 0 unspecified atom stereocenters. The first kappa shape index (κ1) is 32.1. The van der Waals surface area contributed by atoms with Crippen LogP contribution >= 0.6 is 11.6 Å². The summed E-state index contributed by atoms with van der Waals surface area (Å²) in [4.78, 5) is 34.5. The van der Waals surface area contributed by atoms with E-state index in [0.717, 1.165) is 0 Å². The molecule has 0 saturated carbocycles. The Morgan fingerprint density at radius 2 is 1.67 bits per heavy atom. The topological polar surface area (TPSA) is 193 Å². The van der Waals surface area contributed by atoms with Crippen molar-refractivity contribution in [2.45, 2.75) is 82.9 Å². The normalized spacial score (nSPS) is 13.0. The zero-order chi connectivity index (χ0) is 29.8. The number of fused-ring (bicyclic) bond motifs is 1. The molecule has 14 heteroatoms. The molecular formula is C25H37ClN6O6S. The summed E-state index contributed by atoms with van der Waals surface area (Å²) >= 11 is 6.26. The van der Waals surface area contributed by atoms with E-state index < -0.39 is 39.3 Å². The van der Waals surface area contributed by atoms with Crippen molar-refractivity contribution in [3.63, 3.8) is 0 Å². The van der Waals surface area contributed by atoms with Crippen LogP contribution in [-0.2, 0) is 24.3 Å². The Kier molecular flexibility index (Phi) is 10.1. The minimum absolute atomic E-state index is 0.0157. The van der Waals surface area contributed by atoms with E-state index in [4.69, 9.17) is 38.3 Å². The van der Waals surface area contributed by atoms with Crippen LogP contribution in [0.3, 0.4) is 0 Å². The number of hydrogen-bond acceptors (Lipinski definition) is 9. The van der Waals surface area contributed by atoms with Gasteiger partial charge in [0.1, 0.15) is 17.2 Å². The summed E-state index contributed by atoms with van der Waals surface area (Å²) < 4.78 is 39.6. The number of sulfonamides is 1. The maximum absolute atomic E-state index is 14.1. The number of guanidine groups is 1. The van der Waals surface area contributed by atoms with Crippen molar-refractivity contribution in [1.82, 2.24) is 9.29 Å². The third kappa shape index (κ3) is 8.67. The predicted molar refractivity (Wildman–Crippen MR) is 150 cm³/mol. The number of nitrogens with two attached hydrogens (primary N) is 3. The van der Waals surface area contributed by atoms with Gasteiger partial charge in [0.2, 0.25) is 0 Å². The van der Waals surface area contributed by atoms with Gasteiger partial charge in [-0.1, -0.05) is 17.7 Å². The molecule has 6 N–H and O–H groups in total. The Labute approximate surface area is 233 Å². The minimum Gasteiger partial charge on any atom is -0.458 e. The fourth-order valence-corrected chi connectivity index (χ4v) is 5.25. The molecule has 1 atom stereocenters. The number of pyridine rings is 1. The number of aromatic nitrogens is 1. The molecule has 0 saturated heterocycles. The zero-order valence-corrected chi connectivity index (χ0v) is 24.6. The molecule has 1 amide bonds. The smallest absolute Gasteiger partial charge is 0.425 e. The second-order valence-corrected chi connectivity index (χ2v) is 13.0. The Morgan fingerprint density at radius 1 is 1.05 bits per heavy atom. The maximum Gasteiger partial charge on any atom is 0.425 e. The molecule has 1 aromatic carbocycles. The van der Waals surface area contributed by atoms with E-state index in [1.54, 1.807) is 41.5 Å². The van der Waals surface area contributed by atoms with Gasteiger partial charge in [-0.3, -0.25) is 0 Å². The fourth-order valence-electron chi connectivity index (χ4n) is 3.54. The lowest BCUT2D eigenvalue weighted by Crippen LogP contribution is -2.51. The van der Waals surface area contributed by atoms with Crippen LogP contribution in [0, 0.1) is 0 Å². The highest BCUT2D eigenvalue weighted by atomic mass is 35.5. The van der Waals surface area contributed by atoms with Gasteiger partial charge >= 0.3 is 12.1 Å². The summed E-state index contributed by atoms with van der Waals surface area (Å²) in [6, 6.07) is 2.39. The van der Waals surface area contributed by atoms with Gasteiger partial charge in [0.25, 0.3) is 10.0 Å². The second-order valence-electron chi connectivity index (χ2n) is 10.8. The average Bonchev–Trinajstić information content (AvgIpc) is 2.77. The SMILES string of the molecule is CC(C)(C)OC(=O)[C@H](CCCCN)N(C(=O)OC(C)(C)C)S(=O)(=O)c1ccc2c(Cl)cnc(N=C(N)N)c2c1. The van der Waals surface area contributed by atoms with Gasteiger partial charge in [0.15, 0.2) is 11.8 Å². The standard InChI is InChI=1S/C25H37ClN6O6S/c1-24(2,3)37-21(33)19(9-7-8-12-27)32(23(34)38-25(4,5)6)39(35,36)15-10-11-16-17(13-15)20(31-22(28)29)30-14-18(16)26/h10-11,13-14,19H,7-9,12,27H2,1-6H3,(H4,28,29,30,31)/t19-/m0/s1. The predicted octanol–water partition coefficient (Wildman–Crippen LogP) is 3.56. The van der Waals surface area contributed by atoms with Gasteiger partial charge in [-0.05, 0) is 79.5 Å². The maximum atomic E-state index is 14.1. The van der Waals surface area contributed by atoms with E-state index in [-0.39, 0.29) is 33.5 Å². The number of esters is 1. The number of unbranched alkanes of at least 4 members (excludes halogenated alkanes) is 1. The first-order valence-corrected chi connectivity index (χ1v) is 14.1. The molecule has 2 rings (SSSR count).